The molecule has 3 aromatic rings. The van der Waals surface area contributed by atoms with Gasteiger partial charge in [-0.25, -0.2) is 0 Å². The van der Waals surface area contributed by atoms with Crippen molar-refractivity contribution in [2.45, 2.75) is 71.8 Å². The Morgan fingerprint density at radius 1 is 0.976 bits per heavy atom. The van der Waals surface area contributed by atoms with Gasteiger partial charge < -0.3 is 19.6 Å². The van der Waals surface area contributed by atoms with Crippen LogP contribution >= 0.6 is 8.03 Å². The molecule has 0 bridgehead atoms. The predicted molar refractivity (Wildman–Crippen MR) is 166 cm³/mol. The van der Waals surface area contributed by atoms with Crippen LogP contribution in [-0.4, -0.2) is 42.1 Å². The minimum Gasteiger partial charge on any atom is -0.466 e. The van der Waals surface area contributed by atoms with E-state index in [4.69, 9.17) is 15.0 Å². The lowest BCUT2D eigenvalue weighted by Gasteiger charge is -2.18. The third kappa shape index (κ3) is 8.52. The summed E-state index contributed by atoms with van der Waals surface area (Å²) >= 11 is 0. The van der Waals surface area contributed by atoms with Crippen molar-refractivity contribution in [3.63, 3.8) is 0 Å². The number of hydrogen-bond acceptors (Lipinski definition) is 6. The van der Waals surface area contributed by atoms with Crippen molar-refractivity contribution >= 4 is 25.7 Å². The Morgan fingerprint density at radius 3 is 2.31 bits per heavy atom. The minimum absolute atomic E-state index is 0.182. The van der Waals surface area contributed by atoms with Crippen molar-refractivity contribution in [3.05, 3.63) is 93.8 Å². The first-order valence-corrected chi connectivity index (χ1v) is 16.1. The Hall–Kier alpha value is -3.48. The Bertz CT molecular complexity index is 1400. The van der Waals surface area contributed by atoms with Crippen molar-refractivity contribution in [1.29, 1.82) is 0 Å². The second-order valence-electron chi connectivity index (χ2n) is 10.5. The van der Waals surface area contributed by atoms with Gasteiger partial charge in [0.25, 0.3) is 11.7 Å². The highest BCUT2D eigenvalue weighted by Crippen LogP contribution is 2.36. The van der Waals surface area contributed by atoms with E-state index in [1.54, 1.807) is 6.92 Å². The number of amides is 1. The number of Topliss-reactive ketones (excluding diaryl/α,β-unsaturated/α-hetero) is 1. The highest BCUT2D eigenvalue weighted by molar-refractivity contribution is 7.39. The van der Waals surface area contributed by atoms with Crippen LogP contribution in [0.25, 0.3) is 0 Å². The van der Waals surface area contributed by atoms with Crippen LogP contribution in [0.4, 0.5) is 0 Å². The van der Waals surface area contributed by atoms with E-state index in [2.05, 4.69) is 24.3 Å². The molecule has 0 aliphatic rings. The summed E-state index contributed by atoms with van der Waals surface area (Å²) in [6.45, 7) is 6.27. The summed E-state index contributed by atoms with van der Waals surface area (Å²) in [7, 11) is -0.694. The molecule has 1 amide bonds. The normalized spacial score (nSPS) is 12.6. The molecule has 0 aliphatic heterocycles. The van der Waals surface area contributed by atoms with Crippen LogP contribution in [0.3, 0.4) is 0 Å². The molecule has 2 unspecified atom stereocenters. The fraction of sp³-hybridized carbons (Fsp3) is 0.424. The first-order chi connectivity index (χ1) is 20.2. The molecule has 0 saturated heterocycles. The van der Waals surface area contributed by atoms with Gasteiger partial charge in [-0.05, 0) is 61.8 Å². The number of aromatic nitrogens is 1. The van der Waals surface area contributed by atoms with Gasteiger partial charge in [-0.2, -0.15) is 0 Å². The van der Waals surface area contributed by atoms with Gasteiger partial charge in [0.15, 0.2) is 8.03 Å². The van der Waals surface area contributed by atoms with Gasteiger partial charge in [0.05, 0.1) is 18.1 Å². The van der Waals surface area contributed by atoms with Crippen LogP contribution in [0.1, 0.15) is 89.4 Å². The number of benzene rings is 2. The summed E-state index contributed by atoms with van der Waals surface area (Å²) in [4.78, 5) is 39.0. The summed E-state index contributed by atoms with van der Waals surface area (Å²) in [6.07, 6.45) is 4.00. The average Bonchev–Trinajstić information content (AvgIpc) is 3.23. The van der Waals surface area contributed by atoms with Crippen LogP contribution in [0.5, 0.6) is 0 Å². The van der Waals surface area contributed by atoms with E-state index >= 15 is 0 Å². The largest absolute Gasteiger partial charge is 0.466 e. The monoisotopic (exact) mass is 594 g/mol. The molecule has 0 fully saturated rings. The van der Waals surface area contributed by atoms with Gasteiger partial charge in [-0.1, -0.05) is 74.4 Å². The number of carbonyl (C=O) groups is 3. The van der Waals surface area contributed by atoms with Gasteiger partial charge in [0.2, 0.25) is 0 Å². The zero-order valence-electron chi connectivity index (χ0n) is 25.1. The second kappa shape index (κ2) is 16.2. The van der Waals surface area contributed by atoms with Gasteiger partial charge in [0.1, 0.15) is 0 Å². The number of hydrogen-bond donors (Lipinski definition) is 1. The SMILES string of the molecule is CCCc1c(C(=O)C(N)=O)c(C(CCCC[PH](=O)OC)C(=O)OCC)c(C)n1Cc1cccc(Cc2ccccc2)c1. The lowest BCUT2D eigenvalue weighted by atomic mass is 9.88. The summed E-state index contributed by atoms with van der Waals surface area (Å²) in [6, 6.07) is 18.5. The van der Waals surface area contributed by atoms with E-state index in [-0.39, 0.29) is 12.2 Å². The van der Waals surface area contributed by atoms with Crippen molar-refractivity contribution in [1.82, 2.24) is 4.57 Å². The van der Waals surface area contributed by atoms with E-state index in [0.717, 1.165) is 29.7 Å². The fourth-order valence-corrected chi connectivity index (χ4v) is 6.27. The molecule has 1 aromatic heterocycles. The molecule has 3 rings (SSSR count). The second-order valence-corrected chi connectivity index (χ2v) is 12.1. The van der Waals surface area contributed by atoms with Gasteiger partial charge in [-0.15, -0.1) is 0 Å². The molecule has 0 radical (unpaired) electrons. The van der Waals surface area contributed by atoms with Crippen LogP contribution in [0.2, 0.25) is 0 Å². The number of carbonyl (C=O) groups excluding carboxylic acids is 3. The molecular weight excluding hydrogens is 551 g/mol. The standard InChI is InChI=1S/C33H43N2O6P/c1-5-13-28-30(31(36)32(34)37)29(27(33(38)41-6-2)18-10-11-19-42(39)40-4)23(3)35(28)22-26-17-12-16-25(21-26)20-24-14-8-7-9-15-24/h7-9,12,14-17,21,27,42H,5-6,10-11,13,18-20,22H2,1-4H3,(H2,34,37). The number of esters is 1. The van der Waals surface area contributed by atoms with Crippen LogP contribution in [0.15, 0.2) is 54.6 Å². The van der Waals surface area contributed by atoms with E-state index in [9.17, 15) is 18.9 Å². The third-order valence-corrected chi connectivity index (χ3v) is 8.69. The number of nitrogens with two attached hydrogens (primary N) is 1. The Labute approximate surface area is 249 Å². The van der Waals surface area contributed by atoms with Gasteiger partial charge in [0, 0.05) is 31.2 Å². The molecule has 2 N–H and O–H groups in total. The zero-order chi connectivity index (χ0) is 30.6. The highest BCUT2D eigenvalue weighted by Gasteiger charge is 2.35. The number of primary amides is 1. The molecule has 0 saturated carbocycles. The lowest BCUT2D eigenvalue weighted by molar-refractivity contribution is -0.145. The Kier molecular flexibility index (Phi) is 12.8. The first kappa shape index (κ1) is 33.0. The highest BCUT2D eigenvalue weighted by atomic mass is 31.1. The number of unbranched alkanes of at least 4 members (excludes halogenated alkanes) is 1. The molecule has 1 heterocycles. The predicted octanol–water partition coefficient (Wildman–Crippen LogP) is 5.99. The minimum atomic E-state index is -2.11. The summed E-state index contributed by atoms with van der Waals surface area (Å²) in [5, 5.41) is 0. The van der Waals surface area contributed by atoms with Crippen LogP contribution < -0.4 is 5.73 Å². The van der Waals surface area contributed by atoms with Gasteiger partial charge in [-0.3, -0.25) is 18.9 Å². The molecule has 8 nitrogen and oxygen atoms in total. The fourth-order valence-electron chi connectivity index (χ4n) is 5.53. The quantitative estimate of drug-likeness (QED) is 0.0674. The molecule has 0 aliphatic carbocycles. The van der Waals surface area contributed by atoms with E-state index in [0.29, 0.717) is 49.6 Å². The Balaban J connectivity index is 2.09. The smallest absolute Gasteiger partial charge is 0.313 e. The first-order valence-electron chi connectivity index (χ1n) is 14.6. The topological polar surface area (TPSA) is 118 Å². The molecule has 226 valence electrons. The third-order valence-electron chi connectivity index (χ3n) is 7.47. The molecular formula is C33H43N2O6P. The van der Waals surface area contributed by atoms with E-state index < -0.39 is 31.6 Å². The van der Waals surface area contributed by atoms with Crippen molar-refractivity contribution < 1.29 is 28.2 Å². The number of ketones is 1. The van der Waals surface area contributed by atoms with Gasteiger partial charge >= 0.3 is 5.97 Å². The molecule has 9 heteroatoms. The number of rotatable bonds is 17. The van der Waals surface area contributed by atoms with E-state index in [1.165, 1.54) is 12.7 Å². The number of ether oxygens (including phenoxy) is 1. The summed E-state index contributed by atoms with van der Waals surface area (Å²) in [5.41, 5.74) is 11.1. The molecule has 2 atom stereocenters. The summed E-state index contributed by atoms with van der Waals surface area (Å²) in [5.74, 6) is -3.08. The zero-order valence-corrected chi connectivity index (χ0v) is 26.1. The molecule has 0 spiro atoms. The number of nitrogens with zero attached hydrogens (tertiary/aromatic N) is 1. The van der Waals surface area contributed by atoms with Crippen molar-refractivity contribution in [2.75, 3.05) is 19.9 Å². The molecule has 42 heavy (non-hydrogen) atoms. The molecule has 2 aromatic carbocycles. The lowest BCUT2D eigenvalue weighted by Crippen LogP contribution is -2.27. The Morgan fingerprint density at radius 2 is 1.67 bits per heavy atom. The van der Waals surface area contributed by atoms with Crippen molar-refractivity contribution in [3.8, 4) is 0 Å². The maximum Gasteiger partial charge on any atom is 0.313 e. The van der Waals surface area contributed by atoms with Crippen molar-refractivity contribution in [2.24, 2.45) is 5.73 Å². The van der Waals surface area contributed by atoms with E-state index in [1.807, 2.05) is 48.7 Å². The average molecular weight is 595 g/mol. The van der Waals surface area contributed by atoms with Crippen LogP contribution in [0, 0.1) is 6.92 Å². The van der Waals surface area contributed by atoms with Crippen LogP contribution in [-0.2, 0) is 42.8 Å². The summed E-state index contributed by atoms with van der Waals surface area (Å²) < 4.78 is 24.3. The maximum absolute atomic E-state index is 13.4. The maximum atomic E-state index is 13.4.